The van der Waals surface area contributed by atoms with Gasteiger partial charge in [0, 0.05) is 6.54 Å². The highest BCUT2D eigenvalue weighted by Crippen LogP contribution is 2.32. The number of hydrogen-bond acceptors (Lipinski definition) is 2. The molecule has 1 aromatic rings. The lowest BCUT2D eigenvalue weighted by Gasteiger charge is -2.24. The first-order valence-electron chi connectivity index (χ1n) is 6.61. The van der Waals surface area contributed by atoms with Gasteiger partial charge in [-0.2, -0.15) is 0 Å². The second-order valence-corrected chi connectivity index (χ2v) is 5.20. The molecule has 2 nitrogen and oxygen atoms in total. The van der Waals surface area contributed by atoms with Crippen molar-refractivity contribution < 1.29 is 4.74 Å². The molecule has 17 heavy (non-hydrogen) atoms. The molecular formula is C15H23NO. The fraction of sp³-hybridized carbons (Fsp3) is 0.600. The summed E-state index contributed by atoms with van der Waals surface area (Å²) >= 11 is 0. The topological polar surface area (TPSA) is 21.3 Å². The van der Waals surface area contributed by atoms with E-state index in [1.165, 1.54) is 24.0 Å². The fourth-order valence-electron chi connectivity index (χ4n) is 2.59. The minimum atomic E-state index is 0.517. The molecule has 0 radical (unpaired) electrons. The summed E-state index contributed by atoms with van der Waals surface area (Å²) in [4.78, 5) is 0. The van der Waals surface area contributed by atoms with Crippen molar-refractivity contribution in [3.63, 3.8) is 0 Å². The average molecular weight is 233 g/mol. The van der Waals surface area contributed by atoms with E-state index in [-0.39, 0.29) is 0 Å². The van der Waals surface area contributed by atoms with Crippen LogP contribution in [0, 0.1) is 0 Å². The van der Waals surface area contributed by atoms with Gasteiger partial charge in [0.1, 0.15) is 5.75 Å². The van der Waals surface area contributed by atoms with Crippen LogP contribution in [0.25, 0.3) is 0 Å². The van der Waals surface area contributed by atoms with Crippen molar-refractivity contribution in [2.75, 3.05) is 20.2 Å². The SMILES string of the molecule is COc1cc(C2CCCNC2)ccc1C(C)C. The zero-order chi connectivity index (χ0) is 12.3. The van der Waals surface area contributed by atoms with Crippen LogP contribution in [0.1, 0.15) is 49.7 Å². The Morgan fingerprint density at radius 3 is 2.76 bits per heavy atom. The third-order valence-corrected chi connectivity index (χ3v) is 3.65. The summed E-state index contributed by atoms with van der Waals surface area (Å²) in [6.45, 7) is 6.68. The summed E-state index contributed by atoms with van der Waals surface area (Å²) in [5.74, 6) is 2.21. The fourth-order valence-corrected chi connectivity index (χ4v) is 2.59. The lowest BCUT2D eigenvalue weighted by Crippen LogP contribution is -2.28. The lowest BCUT2D eigenvalue weighted by atomic mass is 9.89. The quantitative estimate of drug-likeness (QED) is 0.865. The van der Waals surface area contributed by atoms with Gasteiger partial charge in [-0.3, -0.25) is 0 Å². The summed E-state index contributed by atoms with van der Waals surface area (Å²) in [6, 6.07) is 6.73. The van der Waals surface area contributed by atoms with Crippen molar-refractivity contribution in [3.05, 3.63) is 29.3 Å². The van der Waals surface area contributed by atoms with Crippen molar-refractivity contribution in [3.8, 4) is 5.75 Å². The Morgan fingerprint density at radius 2 is 2.18 bits per heavy atom. The van der Waals surface area contributed by atoms with Gasteiger partial charge in [-0.15, -0.1) is 0 Å². The van der Waals surface area contributed by atoms with Crippen LogP contribution in [0.2, 0.25) is 0 Å². The molecule has 1 aromatic carbocycles. The first-order chi connectivity index (χ1) is 8.22. The number of ether oxygens (including phenoxy) is 1. The maximum Gasteiger partial charge on any atom is 0.122 e. The Balaban J connectivity index is 2.24. The van der Waals surface area contributed by atoms with E-state index in [1.54, 1.807) is 7.11 Å². The summed E-state index contributed by atoms with van der Waals surface area (Å²) in [5, 5.41) is 3.47. The molecular weight excluding hydrogens is 210 g/mol. The molecule has 1 heterocycles. The molecule has 2 rings (SSSR count). The van der Waals surface area contributed by atoms with Gasteiger partial charge in [0.25, 0.3) is 0 Å². The third-order valence-electron chi connectivity index (χ3n) is 3.65. The monoisotopic (exact) mass is 233 g/mol. The van der Waals surface area contributed by atoms with Crippen LogP contribution in [0.5, 0.6) is 5.75 Å². The summed E-state index contributed by atoms with van der Waals surface area (Å²) in [7, 11) is 1.77. The molecule has 0 spiro atoms. The number of rotatable bonds is 3. The molecule has 0 bridgehead atoms. The van der Waals surface area contributed by atoms with E-state index in [9.17, 15) is 0 Å². The Bertz CT molecular complexity index is 367. The summed E-state index contributed by atoms with van der Waals surface area (Å²) < 4.78 is 5.52. The van der Waals surface area contributed by atoms with Crippen molar-refractivity contribution in [1.29, 1.82) is 0 Å². The molecule has 1 aliphatic heterocycles. The molecule has 0 saturated carbocycles. The Kier molecular flexibility index (Phi) is 4.06. The van der Waals surface area contributed by atoms with Gasteiger partial charge in [0.2, 0.25) is 0 Å². The first kappa shape index (κ1) is 12.4. The van der Waals surface area contributed by atoms with Gasteiger partial charge in [-0.05, 0) is 48.4 Å². The standard InChI is InChI=1S/C15H23NO/c1-11(2)14-7-6-12(9-15(14)17-3)13-5-4-8-16-10-13/h6-7,9,11,13,16H,4-5,8,10H2,1-3H3. The Labute approximate surface area is 104 Å². The third kappa shape index (κ3) is 2.81. The van der Waals surface area contributed by atoms with Crippen LogP contribution in [0.3, 0.4) is 0 Å². The van der Waals surface area contributed by atoms with E-state index in [4.69, 9.17) is 4.74 Å². The van der Waals surface area contributed by atoms with Crippen LogP contribution >= 0.6 is 0 Å². The van der Waals surface area contributed by atoms with E-state index in [0.717, 1.165) is 18.8 Å². The van der Waals surface area contributed by atoms with Gasteiger partial charge in [0.05, 0.1) is 7.11 Å². The normalized spacial score (nSPS) is 20.6. The number of piperidine rings is 1. The number of hydrogen-bond donors (Lipinski definition) is 1. The molecule has 0 amide bonds. The van der Waals surface area contributed by atoms with Crippen molar-refractivity contribution in [2.24, 2.45) is 0 Å². The highest BCUT2D eigenvalue weighted by Gasteiger charge is 2.17. The molecule has 1 N–H and O–H groups in total. The number of benzene rings is 1. The minimum absolute atomic E-state index is 0.517. The molecule has 2 heteroatoms. The second kappa shape index (κ2) is 5.54. The molecule has 0 aliphatic carbocycles. The van der Waals surface area contributed by atoms with Crippen LogP contribution in [-0.4, -0.2) is 20.2 Å². The van der Waals surface area contributed by atoms with E-state index in [1.807, 2.05) is 0 Å². The van der Waals surface area contributed by atoms with Crippen LogP contribution in [-0.2, 0) is 0 Å². The van der Waals surface area contributed by atoms with E-state index in [2.05, 4.69) is 37.4 Å². The van der Waals surface area contributed by atoms with E-state index in [0.29, 0.717) is 11.8 Å². The first-order valence-corrected chi connectivity index (χ1v) is 6.61. The highest BCUT2D eigenvalue weighted by molar-refractivity contribution is 5.40. The highest BCUT2D eigenvalue weighted by atomic mass is 16.5. The molecule has 94 valence electrons. The zero-order valence-corrected chi connectivity index (χ0v) is 11.1. The summed E-state index contributed by atoms with van der Waals surface area (Å²) in [5.41, 5.74) is 2.72. The maximum absolute atomic E-state index is 5.52. The van der Waals surface area contributed by atoms with Crippen molar-refractivity contribution in [1.82, 2.24) is 5.32 Å². The van der Waals surface area contributed by atoms with Crippen LogP contribution in [0.4, 0.5) is 0 Å². The Morgan fingerprint density at radius 1 is 1.35 bits per heavy atom. The van der Waals surface area contributed by atoms with Crippen molar-refractivity contribution in [2.45, 2.75) is 38.5 Å². The van der Waals surface area contributed by atoms with E-state index < -0.39 is 0 Å². The van der Waals surface area contributed by atoms with Gasteiger partial charge in [-0.1, -0.05) is 26.0 Å². The van der Waals surface area contributed by atoms with Gasteiger partial charge in [-0.25, -0.2) is 0 Å². The second-order valence-electron chi connectivity index (χ2n) is 5.20. The smallest absolute Gasteiger partial charge is 0.122 e. The largest absolute Gasteiger partial charge is 0.496 e. The van der Waals surface area contributed by atoms with E-state index >= 15 is 0 Å². The van der Waals surface area contributed by atoms with Crippen LogP contribution < -0.4 is 10.1 Å². The summed E-state index contributed by atoms with van der Waals surface area (Å²) in [6.07, 6.45) is 2.57. The predicted octanol–water partition coefficient (Wildman–Crippen LogP) is 3.29. The molecule has 1 unspecified atom stereocenters. The average Bonchev–Trinajstić information content (AvgIpc) is 2.39. The minimum Gasteiger partial charge on any atom is -0.496 e. The lowest BCUT2D eigenvalue weighted by molar-refractivity contribution is 0.404. The van der Waals surface area contributed by atoms with Gasteiger partial charge >= 0.3 is 0 Å². The van der Waals surface area contributed by atoms with Gasteiger partial charge in [0.15, 0.2) is 0 Å². The molecule has 1 fully saturated rings. The van der Waals surface area contributed by atoms with Gasteiger partial charge < -0.3 is 10.1 Å². The molecule has 0 aromatic heterocycles. The predicted molar refractivity (Wildman–Crippen MR) is 71.9 cm³/mol. The Hall–Kier alpha value is -1.02. The van der Waals surface area contributed by atoms with Crippen molar-refractivity contribution >= 4 is 0 Å². The maximum atomic E-state index is 5.52. The number of nitrogens with one attached hydrogen (secondary N) is 1. The molecule has 1 saturated heterocycles. The van der Waals surface area contributed by atoms with Crippen LogP contribution in [0.15, 0.2) is 18.2 Å². The zero-order valence-electron chi connectivity index (χ0n) is 11.1. The molecule has 1 atom stereocenters. The number of methoxy groups -OCH3 is 1. The molecule has 1 aliphatic rings.